The first kappa shape index (κ1) is 21.2. The molecule has 2 amide bonds. The number of nitrogens with one attached hydrogen (secondary N) is 1. The number of morpholine rings is 1. The van der Waals surface area contributed by atoms with Crippen LogP contribution >= 0.6 is 0 Å². The van der Waals surface area contributed by atoms with Crippen molar-refractivity contribution in [2.75, 3.05) is 52.5 Å². The van der Waals surface area contributed by atoms with E-state index in [0.29, 0.717) is 31.7 Å². The normalized spacial score (nSPS) is 14.7. The van der Waals surface area contributed by atoms with E-state index in [2.05, 4.69) is 20.2 Å². The van der Waals surface area contributed by atoms with Crippen molar-refractivity contribution in [1.82, 2.24) is 25.1 Å². The minimum Gasteiger partial charge on any atom is -0.379 e. The lowest BCUT2D eigenvalue weighted by Gasteiger charge is -2.26. The summed E-state index contributed by atoms with van der Waals surface area (Å²) < 4.78 is 5.32. The van der Waals surface area contributed by atoms with Crippen LogP contribution in [0.5, 0.6) is 0 Å². The van der Waals surface area contributed by atoms with Crippen molar-refractivity contribution < 1.29 is 14.3 Å². The van der Waals surface area contributed by atoms with E-state index in [0.717, 1.165) is 51.4 Å². The summed E-state index contributed by atoms with van der Waals surface area (Å²) in [5, 5.41) is 2.94. The molecule has 0 spiro atoms. The molecule has 1 aromatic heterocycles. The van der Waals surface area contributed by atoms with Crippen LogP contribution in [0.15, 0.2) is 12.4 Å². The molecule has 1 aromatic rings. The Balaban J connectivity index is 1.69. The van der Waals surface area contributed by atoms with E-state index in [-0.39, 0.29) is 11.8 Å². The second-order valence-corrected chi connectivity index (χ2v) is 6.74. The zero-order valence-corrected chi connectivity index (χ0v) is 16.4. The van der Waals surface area contributed by atoms with E-state index in [1.807, 2.05) is 13.8 Å². The molecule has 1 aliphatic heterocycles. The summed E-state index contributed by atoms with van der Waals surface area (Å²) in [6.07, 6.45) is 5.11. The molecule has 0 unspecified atom stereocenters. The van der Waals surface area contributed by atoms with Gasteiger partial charge < -0.3 is 15.0 Å². The molecule has 2 rings (SSSR count). The fourth-order valence-electron chi connectivity index (χ4n) is 2.93. The van der Waals surface area contributed by atoms with Gasteiger partial charge in [0.2, 0.25) is 5.91 Å². The molecule has 0 aromatic carbocycles. The van der Waals surface area contributed by atoms with Gasteiger partial charge in [-0.2, -0.15) is 0 Å². The molecule has 0 bridgehead atoms. The Kier molecular flexibility index (Phi) is 9.13. The van der Waals surface area contributed by atoms with Crippen molar-refractivity contribution in [1.29, 1.82) is 0 Å². The van der Waals surface area contributed by atoms with Gasteiger partial charge in [-0.25, -0.2) is 4.98 Å². The highest BCUT2D eigenvalue weighted by molar-refractivity contribution is 5.92. The van der Waals surface area contributed by atoms with Gasteiger partial charge in [-0.15, -0.1) is 0 Å². The summed E-state index contributed by atoms with van der Waals surface area (Å²) in [5.74, 6) is -0.203. The third kappa shape index (κ3) is 7.60. The van der Waals surface area contributed by atoms with Crippen molar-refractivity contribution >= 4 is 11.8 Å². The van der Waals surface area contributed by atoms with Gasteiger partial charge in [0.15, 0.2) is 0 Å². The van der Waals surface area contributed by atoms with E-state index in [9.17, 15) is 9.59 Å². The van der Waals surface area contributed by atoms with E-state index < -0.39 is 0 Å². The molecule has 1 fully saturated rings. The van der Waals surface area contributed by atoms with E-state index in [4.69, 9.17) is 4.74 Å². The van der Waals surface area contributed by atoms with Crippen LogP contribution in [0, 0.1) is 6.92 Å². The first-order valence-electron chi connectivity index (χ1n) is 9.75. The highest BCUT2D eigenvalue weighted by atomic mass is 16.5. The van der Waals surface area contributed by atoms with E-state index in [1.54, 1.807) is 11.1 Å². The Morgan fingerprint density at radius 2 is 2.00 bits per heavy atom. The highest BCUT2D eigenvalue weighted by Gasteiger charge is 2.18. The fourth-order valence-corrected chi connectivity index (χ4v) is 2.93. The summed E-state index contributed by atoms with van der Waals surface area (Å²) in [7, 11) is 0. The number of amides is 2. The van der Waals surface area contributed by atoms with Gasteiger partial charge in [-0.1, -0.05) is 6.92 Å². The predicted molar refractivity (Wildman–Crippen MR) is 102 cm³/mol. The SMILES string of the molecule is CCCN(CCC(=O)NCCCN1CCOCC1)C(=O)c1cnc(C)cn1. The summed E-state index contributed by atoms with van der Waals surface area (Å²) >= 11 is 0. The van der Waals surface area contributed by atoms with Gasteiger partial charge in [-0.05, 0) is 26.3 Å². The van der Waals surface area contributed by atoms with Crippen molar-refractivity contribution in [3.63, 3.8) is 0 Å². The smallest absolute Gasteiger partial charge is 0.274 e. The molecule has 0 atom stereocenters. The zero-order chi connectivity index (χ0) is 19.5. The van der Waals surface area contributed by atoms with Gasteiger partial charge in [-0.3, -0.25) is 19.5 Å². The lowest BCUT2D eigenvalue weighted by molar-refractivity contribution is -0.121. The van der Waals surface area contributed by atoms with Gasteiger partial charge in [0.1, 0.15) is 5.69 Å². The molecule has 8 heteroatoms. The number of carbonyl (C=O) groups is 2. The summed E-state index contributed by atoms with van der Waals surface area (Å²) in [6, 6.07) is 0. The standard InChI is InChI=1S/C19H31N5O3/c1-3-7-24(19(26)17-15-21-16(2)14-22-17)9-5-18(25)20-6-4-8-23-10-12-27-13-11-23/h14-15H,3-13H2,1-2H3,(H,20,25). The molecule has 0 aliphatic carbocycles. The first-order chi connectivity index (χ1) is 13.1. The maximum absolute atomic E-state index is 12.6. The van der Waals surface area contributed by atoms with E-state index in [1.165, 1.54) is 6.20 Å². The maximum atomic E-state index is 12.6. The summed E-state index contributed by atoms with van der Waals surface area (Å²) in [6.45, 7) is 9.95. The summed E-state index contributed by atoms with van der Waals surface area (Å²) in [5.41, 5.74) is 1.09. The van der Waals surface area contributed by atoms with Crippen LogP contribution in [-0.2, 0) is 9.53 Å². The Bertz CT molecular complexity index is 588. The lowest BCUT2D eigenvalue weighted by Crippen LogP contribution is -2.39. The van der Waals surface area contributed by atoms with Gasteiger partial charge >= 0.3 is 0 Å². The summed E-state index contributed by atoms with van der Waals surface area (Å²) in [4.78, 5) is 37.0. The Morgan fingerprint density at radius 1 is 1.22 bits per heavy atom. The minimum atomic E-state index is -0.176. The molecule has 0 saturated carbocycles. The Morgan fingerprint density at radius 3 is 2.67 bits per heavy atom. The van der Waals surface area contributed by atoms with Crippen molar-refractivity contribution in [3.8, 4) is 0 Å². The molecular weight excluding hydrogens is 346 g/mol. The fraction of sp³-hybridized carbons (Fsp3) is 0.684. The second-order valence-electron chi connectivity index (χ2n) is 6.74. The number of hydrogen-bond acceptors (Lipinski definition) is 6. The topological polar surface area (TPSA) is 87.7 Å². The van der Waals surface area contributed by atoms with Crippen LogP contribution in [0.3, 0.4) is 0 Å². The average Bonchev–Trinajstić information content (AvgIpc) is 2.69. The molecule has 1 saturated heterocycles. The monoisotopic (exact) mass is 377 g/mol. The first-order valence-corrected chi connectivity index (χ1v) is 9.75. The van der Waals surface area contributed by atoms with E-state index >= 15 is 0 Å². The molecule has 0 radical (unpaired) electrons. The molecule has 150 valence electrons. The van der Waals surface area contributed by atoms with Gasteiger partial charge in [0.05, 0.1) is 25.1 Å². The quantitative estimate of drug-likeness (QED) is 0.609. The van der Waals surface area contributed by atoms with Crippen LogP contribution in [0.1, 0.15) is 42.4 Å². The van der Waals surface area contributed by atoms with Gasteiger partial charge in [0.25, 0.3) is 5.91 Å². The largest absolute Gasteiger partial charge is 0.379 e. The third-order valence-corrected chi connectivity index (χ3v) is 4.47. The number of aryl methyl sites for hydroxylation is 1. The Labute approximate surface area is 161 Å². The number of hydrogen-bond donors (Lipinski definition) is 1. The second kappa shape index (κ2) is 11.6. The number of carbonyl (C=O) groups excluding carboxylic acids is 2. The van der Waals surface area contributed by atoms with Crippen molar-refractivity contribution in [2.45, 2.75) is 33.1 Å². The molecule has 1 aliphatic rings. The highest BCUT2D eigenvalue weighted by Crippen LogP contribution is 2.04. The van der Waals surface area contributed by atoms with Crippen LogP contribution in [-0.4, -0.2) is 84.1 Å². The molecule has 2 heterocycles. The molecule has 1 N–H and O–H groups in total. The van der Waals surface area contributed by atoms with Crippen LogP contribution < -0.4 is 5.32 Å². The Hall–Kier alpha value is -2.06. The number of rotatable bonds is 10. The van der Waals surface area contributed by atoms with Crippen LogP contribution in [0.25, 0.3) is 0 Å². The molecular formula is C19H31N5O3. The number of ether oxygens (including phenoxy) is 1. The number of nitrogens with zero attached hydrogens (tertiary/aromatic N) is 4. The minimum absolute atomic E-state index is 0.0270. The van der Waals surface area contributed by atoms with Crippen molar-refractivity contribution in [2.24, 2.45) is 0 Å². The number of aromatic nitrogens is 2. The zero-order valence-electron chi connectivity index (χ0n) is 16.4. The van der Waals surface area contributed by atoms with Gasteiger partial charge in [0, 0.05) is 45.3 Å². The predicted octanol–water partition coefficient (Wildman–Crippen LogP) is 0.866. The third-order valence-electron chi connectivity index (χ3n) is 4.47. The lowest BCUT2D eigenvalue weighted by atomic mass is 10.2. The van der Waals surface area contributed by atoms with Crippen molar-refractivity contribution in [3.05, 3.63) is 23.8 Å². The average molecular weight is 377 g/mol. The maximum Gasteiger partial charge on any atom is 0.274 e. The van der Waals surface area contributed by atoms with Crippen LogP contribution in [0.4, 0.5) is 0 Å². The van der Waals surface area contributed by atoms with Crippen LogP contribution in [0.2, 0.25) is 0 Å². The molecule has 8 nitrogen and oxygen atoms in total. The molecule has 27 heavy (non-hydrogen) atoms.